The van der Waals surface area contributed by atoms with Gasteiger partial charge >= 0.3 is 0 Å². The lowest BCUT2D eigenvalue weighted by Crippen LogP contribution is -2.32. The van der Waals surface area contributed by atoms with Gasteiger partial charge in [0.15, 0.2) is 0 Å². The van der Waals surface area contributed by atoms with Crippen LogP contribution in [0, 0.1) is 11.3 Å². The summed E-state index contributed by atoms with van der Waals surface area (Å²) in [5.41, 5.74) is 1.65. The molecule has 0 saturated heterocycles. The van der Waals surface area contributed by atoms with Crippen LogP contribution in [0.2, 0.25) is 0 Å². The zero-order valence-corrected chi connectivity index (χ0v) is 13.6. The number of hydrogen-bond acceptors (Lipinski definition) is 4. The molecular weight excluding hydrogens is 302 g/mol. The van der Waals surface area contributed by atoms with Crippen LogP contribution in [-0.4, -0.2) is 38.3 Å². The van der Waals surface area contributed by atoms with Crippen LogP contribution >= 0.6 is 0 Å². The predicted molar refractivity (Wildman–Crippen MR) is 82.8 cm³/mol. The Hall–Kier alpha value is -1.91. The number of sulfonamides is 1. The second-order valence-electron chi connectivity index (χ2n) is 5.12. The Labute approximate surface area is 131 Å². The van der Waals surface area contributed by atoms with Crippen LogP contribution in [0.3, 0.4) is 0 Å². The van der Waals surface area contributed by atoms with Crippen molar-refractivity contribution in [2.75, 3.05) is 24.5 Å². The Morgan fingerprint density at radius 2 is 2.18 bits per heavy atom. The molecule has 1 aliphatic heterocycles. The fourth-order valence-corrected chi connectivity index (χ4v) is 4.09. The molecule has 0 radical (unpaired) electrons. The molecule has 0 unspecified atom stereocenters. The first-order valence-corrected chi connectivity index (χ1v) is 8.64. The van der Waals surface area contributed by atoms with Gasteiger partial charge in [-0.1, -0.05) is 13.0 Å². The number of hydrogen-bond donors (Lipinski definition) is 0. The molecule has 0 aliphatic carbocycles. The van der Waals surface area contributed by atoms with E-state index in [0.717, 1.165) is 12.0 Å². The van der Waals surface area contributed by atoms with Gasteiger partial charge < -0.3 is 4.90 Å². The first-order chi connectivity index (χ1) is 10.4. The lowest BCUT2D eigenvalue weighted by Gasteiger charge is -2.21. The molecule has 118 valence electrons. The van der Waals surface area contributed by atoms with Crippen LogP contribution in [0.25, 0.3) is 0 Å². The number of amides is 1. The molecule has 2 rings (SSSR count). The SMILES string of the molecule is CCN(CCC#N)S(=O)(=O)c1ccc2c(c1)N(C(C)=O)CC2. The highest BCUT2D eigenvalue weighted by molar-refractivity contribution is 7.89. The van der Waals surface area contributed by atoms with Crippen molar-refractivity contribution in [2.45, 2.75) is 31.6 Å². The average Bonchev–Trinajstić information content (AvgIpc) is 2.90. The summed E-state index contributed by atoms with van der Waals surface area (Å²) in [7, 11) is -3.65. The Morgan fingerprint density at radius 3 is 2.77 bits per heavy atom. The van der Waals surface area contributed by atoms with Gasteiger partial charge in [0.25, 0.3) is 0 Å². The molecule has 1 heterocycles. The van der Waals surface area contributed by atoms with E-state index in [4.69, 9.17) is 5.26 Å². The molecule has 0 N–H and O–H groups in total. The van der Waals surface area contributed by atoms with E-state index in [0.29, 0.717) is 18.8 Å². The third kappa shape index (κ3) is 2.98. The van der Waals surface area contributed by atoms with E-state index < -0.39 is 10.0 Å². The minimum absolute atomic E-state index is 0.0925. The normalized spacial score (nSPS) is 14.0. The van der Waals surface area contributed by atoms with E-state index in [1.165, 1.54) is 11.2 Å². The van der Waals surface area contributed by atoms with Crippen molar-refractivity contribution in [3.63, 3.8) is 0 Å². The van der Waals surface area contributed by atoms with Gasteiger partial charge in [-0.2, -0.15) is 9.57 Å². The summed E-state index contributed by atoms with van der Waals surface area (Å²) < 4.78 is 26.6. The fraction of sp³-hybridized carbons (Fsp3) is 0.467. The van der Waals surface area contributed by atoms with Gasteiger partial charge in [-0.05, 0) is 24.1 Å². The number of fused-ring (bicyclic) bond motifs is 1. The molecule has 1 amide bonds. The van der Waals surface area contributed by atoms with Crippen molar-refractivity contribution in [3.8, 4) is 6.07 Å². The molecule has 22 heavy (non-hydrogen) atoms. The Morgan fingerprint density at radius 1 is 1.45 bits per heavy atom. The fourth-order valence-electron chi connectivity index (χ4n) is 2.62. The van der Waals surface area contributed by atoms with Crippen molar-refractivity contribution in [1.29, 1.82) is 5.26 Å². The Bertz CT molecular complexity index is 722. The van der Waals surface area contributed by atoms with Crippen molar-refractivity contribution in [3.05, 3.63) is 23.8 Å². The summed E-state index contributed by atoms with van der Waals surface area (Å²) in [6.45, 7) is 4.27. The lowest BCUT2D eigenvalue weighted by molar-refractivity contribution is -0.116. The maximum absolute atomic E-state index is 12.7. The number of carbonyl (C=O) groups is 1. The van der Waals surface area contributed by atoms with E-state index in [-0.39, 0.29) is 23.8 Å². The highest BCUT2D eigenvalue weighted by Crippen LogP contribution is 2.31. The molecule has 1 aliphatic rings. The van der Waals surface area contributed by atoms with E-state index >= 15 is 0 Å². The Balaban J connectivity index is 2.39. The first-order valence-electron chi connectivity index (χ1n) is 7.20. The maximum atomic E-state index is 12.7. The molecule has 0 fully saturated rings. The highest BCUT2D eigenvalue weighted by Gasteiger charge is 2.27. The largest absolute Gasteiger partial charge is 0.312 e. The second kappa shape index (κ2) is 6.46. The lowest BCUT2D eigenvalue weighted by atomic mass is 10.2. The van der Waals surface area contributed by atoms with Crippen LogP contribution in [0.15, 0.2) is 23.1 Å². The van der Waals surface area contributed by atoms with Gasteiger partial charge in [-0.3, -0.25) is 4.79 Å². The van der Waals surface area contributed by atoms with Crippen LogP contribution in [-0.2, 0) is 21.2 Å². The molecule has 0 bridgehead atoms. The predicted octanol–water partition coefficient (Wildman–Crippen LogP) is 1.52. The van der Waals surface area contributed by atoms with Crippen LogP contribution in [0.4, 0.5) is 5.69 Å². The van der Waals surface area contributed by atoms with Gasteiger partial charge in [-0.15, -0.1) is 0 Å². The molecule has 0 atom stereocenters. The van der Waals surface area contributed by atoms with Crippen molar-refractivity contribution in [2.24, 2.45) is 0 Å². The maximum Gasteiger partial charge on any atom is 0.243 e. The molecule has 0 saturated carbocycles. The number of anilines is 1. The monoisotopic (exact) mass is 321 g/mol. The third-order valence-electron chi connectivity index (χ3n) is 3.80. The standard InChI is InChI=1S/C15H19N3O3S/c1-3-17(9-4-8-16)22(20,21)14-6-5-13-7-10-18(12(2)19)15(13)11-14/h5-6,11H,3-4,7,9-10H2,1-2H3. The van der Waals surface area contributed by atoms with Crippen LogP contribution < -0.4 is 4.90 Å². The topological polar surface area (TPSA) is 81.5 Å². The van der Waals surface area contributed by atoms with E-state index in [1.807, 2.05) is 6.07 Å². The number of nitriles is 1. The number of rotatable bonds is 5. The van der Waals surface area contributed by atoms with Crippen LogP contribution in [0.1, 0.15) is 25.8 Å². The minimum atomic E-state index is -3.65. The molecule has 6 nitrogen and oxygen atoms in total. The van der Waals surface area contributed by atoms with Gasteiger partial charge in [-0.25, -0.2) is 8.42 Å². The summed E-state index contributed by atoms with van der Waals surface area (Å²) in [4.78, 5) is 13.4. The molecule has 0 spiro atoms. The van der Waals surface area contributed by atoms with Gasteiger partial charge in [0.1, 0.15) is 0 Å². The summed E-state index contributed by atoms with van der Waals surface area (Å²) in [6.07, 6.45) is 0.888. The first kappa shape index (κ1) is 16.5. The van der Waals surface area contributed by atoms with Crippen LogP contribution in [0.5, 0.6) is 0 Å². The summed E-state index contributed by atoms with van der Waals surface area (Å²) >= 11 is 0. The zero-order valence-electron chi connectivity index (χ0n) is 12.7. The average molecular weight is 321 g/mol. The molecule has 0 aromatic heterocycles. The van der Waals surface area contributed by atoms with Gasteiger partial charge in [0.05, 0.1) is 11.0 Å². The van der Waals surface area contributed by atoms with Gasteiger partial charge in [0, 0.05) is 38.7 Å². The van der Waals surface area contributed by atoms with E-state index in [9.17, 15) is 13.2 Å². The molecule has 7 heteroatoms. The summed E-state index contributed by atoms with van der Waals surface area (Å²) in [6, 6.07) is 6.87. The van der Waals surface area contributed by atoms with Gasteiger partial charge in [0.2, 0.25) is 15.9 Å². The summed E-state index contributed by atoms with van der Waals surface area (Å²) in [5.74, 6) is -0.0925. The van der Waals surface area contributed by atoms with E-state index in [1.54, 1.807) is 30.0 Å². The quantitative estimate of drug-likeness (QED) is 0.823. The third-order valence-corrected chi connectivity index (χ3v) is 5.77. The number of nitrogens with zero attached hydrogens (tertiary/aromatic N) is 3. The van der Waals surface area contributed by atoms with Crippen molar-refractivity contribution >= 4 is 21.6 Å². The minimum Gasteiger partial charge on any atom is -0.312 e. The number of benzene rings is 1. The highest BCUT2D eigenvalue weighted by atomic mass is 32.2. The van der Waals surface area contributed by atoms with Crippen molar-refractivity contribution in [1.82, 2.24) is 4.31 Å². The smallest absolute Gasteiger partial charge is 0.243 e. The molecule has 1 aromatic rings. The van der Waals surface area contributed by atoms with E-state index in [2.05, 4.69) is 0 Å². The zero-order chi connectivity index (χ0) is 16.3. The van der Waals surface area contributed by atoms with Crippen molar-refractivity contribution < 1.29 is 13.2 Å². The second-order valence-corrected chi connectivity index (χ2v) is 7.05. The molecule has 1 aromatic carbocycles. The summed E-state index contributed by atoms with van der Waals surface area (Å²) in [5, 5.41) is 8.65. The Kier molecular flexibility index (Phi) is 4.84. The molecular formula is C15H19N3O3S. The number of carbonyl (C=O) groups excluding carboxylic acids is 1.